The van der Waals surface area contributed by atoms with E-state index in [-0.39, 0.29) is 11.3 Å². The van der Waals surface area contributed by atoms with Crippen molar-refractivity contribution >= 4 is 5.91 Å². The van der Waals surface area contributed by atoms with Gasteiger partial charge in [0.2, 0.25) is 5.91 Å². The van der Waals surface area contributed by atoms with Crippen LogP contribution in [0.2, 0.25) is 0 Å². The van der Waals surface area contributed by atoms with E-state index in [9.17, 15) is 4.79 Å². The molecule has 100 valence electrons. The summed E-state index contributed by atoms with van der Waals surface area (Å²) in [4.78, 5) is 11.7. The van der Waals surface area contributed by atoms with Crippen molar-refractivity contribution in [2.45, 2.75) is 51.5 Å². The summed E-state index contributed by atoms with van der Waals surface area (Å²) in [6, 6.07) is -0.442. The van der Waals surface area contributed by atoms with Crippen LogP contribution in [0.5, 0.6) is 0 Å². The minimum atomic E-state index is -0.442. The molecule has 0 aromatic heterocycles. The van der Waals surface area contributed by atoms with Crippen molar-refractivity contribution in [1.29, 1.82) is 0 Å². The molecule has 1 fully saturated rings. The van der Waals surface area contributed by atoms with Crippen molar-refractivity contribution in [1.82, 2.24) is 5.32 Å². The lowest BCUT2D eigenvalue weighted by atomic mass is 9.76. The van der Waals surface area contributed by atoms with Crippen molar-refractivity contribution < 1.29 is 9.53 Å². The van der Waals surface area contributed by atoms with Crippen LogP contribution in [-0.4, -0.2) is 32.2 Å². The fourth-order valence-corrected chi connectivity index (χ4v) is 2.39. The highest BCUT2D eigenvalue weighted by molar-refractivity contribution is 5.81. The number of hydrogen-bond acceptors (Lipinski definition) is 3. The van der Waals surface area contributed by atoms with E-state index in [0.29, 0.717) is 13.0 Å². The van der Waals surface area contributed by atoms with Crippen LogP contribution in [0, 0.1) is 5.41 Å². The van der Waals surface area contributed by atoms with Gasteiger partial charge in [0.05, 0.1) is 6.04 Å². The molecule has 1 unspecified atom stereocenters. The number of nitrogens with one attached hydrogen (secondary N) is 1. The predicted octanol–water partition coefficient (Wildman–Crippen LogP) is 1.44. The summed E-state index contributed by atoms with van der Waals surface area (Å²) in [5.41, 5.74) is 6.04. The Morgan fingerprint density at radius 2 is 2.06 bits per heavy atom. The molecule has 1 amide bonds. The van der Waals surface area contributed by atoms with Gasteiger partial charge >= 0.3 is 0 Å². The minimum absolute atomic E-state index is 0.0474. The first kappa shape index (κ1) is 14.5. The normalized spacial score (nSPS) is 20.9. The van der Waals surface area contributed by atoms with Gasteiger partial charge in [-0.3, -0.25) is 4.79 Å². The largest absolute Gasteiger partial charge is 0.385 e. The average Bonchev–Trinajstić information content (AvgIpc) is 2.34. The SMILES string of the molecule is COCCC(N)C(=O)NCC1(C)CCCCC1. The molecule has 3 N–H and O–H groups in total. The van der Waals surface area contributed by atoms with Crippen LogP contribution in [0.25, 0.3) is 0 Å². The highest BCUT2D eigenvalue weighted by atomic mass is 16.5. The Morgan fingerprint density at radius 1 is 1.41 bits per heavy atom. The van der Waals surface area contributed by atoms with Crippen LogP contribution < -0.4 is 11.1 Å². The van der Waals surface area contributed by atoms with Crippen LogP contribution in [0.15, 0.2) is 0 Å². The second-order valence-corrected chi connectivity index (χ2v) is 5.48. The Kier molecular flexibility index (Phi) is 5.92. The molecule has 1 saturated carbocycles. The molecule has 0 aliphatic heterocycles. The molecule has 1 aliphatic rings. The van der Waals surface area contributed by atoms with Crippen molar-refractivity contribution in [2.24, 2.45) is 11.1 Å². The van der Waals surface area contributed by atoms with Crippen LogP contribution in [-0.2, 0) is 9.53 Å². The zero-order chi connectivity index (χ0) is 12.7. The quantitative estimate of drug-likeness (QED) is 0.740. The Morgan fingerprint density at radius 3 is 2.65 bits per heavy atom. The van der Waals surface area contributed by atoms with Gasteiger partial charge in [-0.25, -0.2) is 0 Å². The van der Waals surface area contributed by atoms with Crippen molar-refractivity contribution in [3.8, 4) is 0 Å². The number of amides is 1. The third-order valence-corrected chi connectivity index (χ3v) is 3.72. The van der Waals surface area contributed by atoms with E-state index < -0.39 is 6.04 Å². The molecule has 0 saturated heterocycles. The van der Waals surface area contributed by atoms with Crippen molar-refractivity contribution in [2.75, 3.05) is 20.3 Å². The average molecular weight is 242 g/mol. The standard InChI is InChI=1S/C13H26N2O2/c1-13(7-4-3-5-8-13)10-15-12(16)11(14)6-9-17-2/h11H,3-10,14H2,1-2H3,(H,15,16). The van der Waals surface area contributed by atoms with Gasteiger partial charge < -0.3 is 15.8 Å². The topological polar surface area (TPSA) is 64.3 Å². The Hall–Kier alpha value is -0.610. The Bertz CT molecular complexity index is 238. The summed E-state index contributed by atoms with van der Waals surface area (Å²) < 4.78 is 4.92. The van der Waals surface area contributed by atoms with E-state index in [1.165, 1.54) is 32.1 Å². The summed E-state index contributed by atoms with van der Waals surface area (Å²) in [5, 5.41) is 2.98. The molecule has 1 atom stereocenters. The third-order valence-electron chi connectivity index (χ3n) is 3.72. The number of ether oxygens (including phenoxy) is 1. The molecular weight excluding hydrogens is 216 g/mol. The van der Waals surface area contributed by atoms with Crippen molar-refractivity contribution in [3.63, 3.8) is 0 Å². The number of rotatable bonds is 6. The molecule has 0 heterocycles. The maximum absolute atomic E-state index is 11.7. The predicted molar refractivity (Wildman–Crippen MR) is 68.7 cm³/mol. The van der Waals surface area contributed by atoms with Gasteiger partial charge in [0.15, 0.2) is 0 Å². The van der Waals surface area contributed by atoms with Gasteiger partial charge in [-0.15, -0.1) is 0 Å². The zero-order valence-electron chi connectivity index (χ0n) is 11.1. The second kappa shape index (κ2) is 6.97. The molecule has 17 heavy (non-hydrogen) atoms. The second-order valence-electron chi connectivity index (χ2n) is 5.48. The fraction of sp³-hybridized carbons (Fsp3) is 0.923. The molecule has 0 aromatic rings. The first-order chi connectivity index (χ1) is 8.07. The summed E-state index contributed by atoms with van der Waals surface area (Å²) in [7, 11) is 1.62. The van der Waals surface area contributed by atoms with Gasteiger partial charge in [-0.05, 0) is 24.7 Å². The van der Waals surface area contributed by atoms with Gasteiger partial charge in [-0.2, -0.15) is 0 Å². The van der Waals surface area contributed by atoms with Crippen LogP contribution in [0.1, 0.15) is 45.4 Å². The molecule has 0 radical (unpaired) electrons. The smallest absolute Gasteiger partial charge is 0.237 e. The monoisotopic (exact) mass is 242 g/mol. The van der Waals surface area contributed by atoms with Crippen LogP contribution >= 0.6 is 0 Å². The number of hydrogen-bond donors (Lipinski definition) is 2. The Balaban J connectivity index is 2.26. The summed E-state index contributed by atoms with van der Waals surface area (Å²) in [5.74, 6) is -0.0474. The molecule has 1 aliphatic carbocycles. The Labute approximate surface area is 104 Å². The fourth-order valence-electron chi connectivity index (χ4n) is 2.39. The highest BCUT2D eigenvalue weighted by Crippen LogP contribution is 2.34. The van der Waals surface area contributed by atoms with Gasteiger partial charge in [0.1, 0.15) is 0 Å². The zero-order valence-corrected chi connectivity index (χ0v) is 11.1. The molecular formula is C13H26N2O2. The van der Waals surface area contributed by atoms with Gasteiger partial charge in [-0.1, -0.05) is 26.2 Å². The molecule has 0 aromatic carbocycles. The molecule has 4 heteroatoms. The van der Waals surface area contributed by atoms with Crippen LogP contribution in [0.4, 0.5) is 0 Å². The lowest BCUT2D eigenvalue weighted by Gasteiger charge is -2.34. The maximum Gasteiger partial charge on any atom is 0.237 e. The number of carbonyl (C=O) groups excluding carboxylic acids is 1. The first-order valence-electron chi connectivity index (χ1n) is 6.60. The number of methoxy groups -OCH3 is 1. The first-order valence-corrected chi connectivity index (χ1v) is 6.60. The number of nitrogens with two attached hydrogens (primary N) is 1. The lowest BCUT2D eigenvalue weighted by molar-refractivity contribution is -0.123. The van der Waals surface area contributed by atoms with E-state index >= 15 is 0 Å². The summed E-state index contributed by atoms with van der Waals surface area (Å²) in [6.45, 7) is 3.55. The summed E-state index contributed by atoms with van der Waals surface area (Å²) in [6.07, 6.45) is 6.89. The van der Waals surface area contributed by atoms with Crippen molar-refractivity contribution in [3.05, 3.63) is 0 Å². The highest BCUT2D eigenvalue weighted by Gasteiger charge is 2.27. The number of carbonyl (C=O) groups is 1. The van der Waals surface area contributed by atoms with E-state index in [1.807, 2.05) is 0 Å². The van der Waals surface area contributed by atoms with Gasteiger partial charge in [0, 0.05) is 20.3 Å². The third kappa shape index (κ3) is 5.04. The maximum atomic E-state index is 11.7. The lowest BCUT2D eigenvalue weighted by Crippen LogP contribution is -2.45. The molecule has 4 nitrogen and oxygen atoms in total. The van der Waals surface area contributed by atoms with E-state index in [2.05, 4.69) is 12.2 Å². The summed E-state index contributed by atoms with van der Waals surface area (Å²) >= 11 is 0. The van der Waals surface area contributed by atoms with Crippen LogP contribution in [0.3, 0.4) is 0 Å². The molecule has 0 spiro atoms. The van der Waals surface area contributed by atoms with E-state index in [0.717, 1.165) is 6.54 Å². The molecule has 1 rings (SSSR count). The molecule has 0 bridgehead atoms. The minimum Gasteiger partial charge on any atom is -0.385 e. The van der Waals surface area contributed by atoms with E-state index in [1.54, 1.807) is 7.11 Å². The van der Waals surface area contributed by atoms with Gasteiger partial charge in [0.25, 0.3) is 0 Å². The van der Waals surface area contributed by atoms with E-state index in [4.69, 9.17) is 10.5 Å².